The molecule has 2 aromatic heterocycles. The minimum Gasteiger partial charge on any atom is -0.379 e. The third-order valence-electron chi connectivity index (χ3n) is 4.07. The topological polar surface area (TPSA) is 39.9 Å². The highest BCUT2D eigenvalue weighted by Gasteiger charge is 2.23. The highest BCUT2D eigenvalue weighted by molar-refractivity contribution is 6.30. The van der Waals surface area contributed by atoms with Crippen LogP contribution >= 0.6 is 11.6 Å². The average Bonchev–Trinajstić information content (AvgIpc) is 3.16. The van der Waals surface area contributed by atoms with Crippen LogP contribution in [0.3, 0.4) is 0 Å². The number of benzene rings is 1. The Kier molecular flexibility index (Phi) is 3.56. The molecule has 1 aromatic carbocycles. The number of rotatable bonds is 3. The van der Waals surface area contributed by atoms with Gasteiger partial charge in [0, 0.05) is 24.2 Å². The molecule has 3 heterocycles. The molecule has 1 aliphatic rings. The highest BCUT2D eigenvalue weighted by Crippen LogP contribution is 2.27. The molecule has 0 amide bonds. The lowest BCUT2D eigenvalue weighted by molar-refractivity contribution is 0.186. The van der Waals surface area contributed by atoms with Crippen molar-refractivity contribution in [3.05, 3.63) is 59.0 Å². The van der Waals surface area contributed by atoms with Gasteiger partial charge in [-0.1, -0.05) is 23.7 Å². The van der Waals surface area contributed by atoms with Gasteiger partial charge in [0.2, 0.25) is 0 Å². The van der Waals surface area contributed by atoms with Gasteiger partial charge in [0.05, 0.1) is 12.6 Å². The number of halogens is 1. The fourth-order valence-corrected chi connectivity index (χ4v) is 3.12. The van der Waals surface area contributed by atoms with E-state index in [0.717, 1.165) is 48.1 Å². The Balaban J connectivity index is 1.78. The molecule has 0 aliphatic carbocycles. The first-order chi connectivity index (χ1) is 10.8. The van der Waals surface area contributed by atoms with Gasteiger partial charge in [0.25, 0.3) is 0 Å². The van der Waals surface area contributed by atoms with E-state index >= 15 is 0 Å². The third kappa shape index (κ3) is 2.49. The predicted octanol–water partition coefficient (Wildman–Crippen LogP) is 3.64. The molecular formula is C17H16ClN3O. The second kappa shape index (κ2) is 5.71. The number of pyridine rings is 1. The Labute approximate surface area is 133 Å². The predicted molar refractivity (Wildman–Crippen MR) is 86.3 cm³/mol. The molecule has 3 aromatic rings. The maximum atomic E-state index is 5.97. The van der Waals surface area contributed by atoms with Crippen LogP contribution in [0.2, 0.25) is 5.02 Å². The minimum atomic E-state index is 0.321. The van der Waals surface area contributed by atoms with Crippen molar-refractivity contribution >= 4 is 22.8 Å². The zero-order valence-electron chi connectivity index (χ0n) is 12.1. The van der Waals surface area contributed by atoms with Gasteiger partial charge in [0.1, 0.15) is 11.3 Å². The van der Waals surface area contributed by atoms with Gasteiger partial charge < -0.3 is 9.30 Å². The van der Waals surface area contributed by atoms with Crippen LogP contribution in [0.4, 0.5) is 0 Å². The van der Waals surface area contributed by atoms with E-state index in [0.29, 0.717) is 6.04 Å². The van der Waals surface area contributed by atoms with Crippen molar-refractivity contribution in [3.8, 4) is 0 Å². The summed E-state index contributed by atoms with van der Waals surface area (Å²) < 4.78 is 7.80. The maximum Gasteiger partial charge on any atom is 0.160 e. The summed E-state index contributed by atoms with van der Waals surface area (Å²) in [5.41, 5.74) is 3.08. The Hall–Kier alpha value is -1.91. The number of nitrogens with zero attached hydrogens (tertiary/aromatic N) is 3. The smallest absolute Gasteiger partial charge is 0.160 e. The normalized spacial score (nSPS) is 18.1. The second-order valence-corrected chi connectivity index (χ2v) is 6.00. The molecule has 5 heteroatoms. The molecule has 0 bridgehead atoms. The molecule has 22 heavy (non-hydrogen) atoms. The number of imidazole rings is 1. The van der Waals surface area contributed by atoms with Gasteiger partial charge in [-0.2, -0.15) is 0 Å². The zero-order valence-corrected chi connectivity index (χ0v) is 12.8. The molecule has 112 valence electrons. The maximum absolute atomic E-state index is 5.97. The van der Waals surface area contributed by atoms with Crippen molar-refractivity contribution in [1.29, 1.82) is 0 Å². The van der Waals surface area contributed by atoms with E-state index in [4.69, 9.17) is 21.3 Å². The van der Waals surface area contributed by atoms with E-state index in [1.165, 1.54) is 5.56 Å². The largest absolute Gasteiger partial charge is 0.379 e. The molecule has 1 fully saturated rings. The molecule has 4 nitrogen and oxygen atoms in total. The molecule has 0 spiro atoms. The fourth-order valence-electron chi connectivity index (χ4n) is 3.00. The fraction of sp³-hybridized carbons (Fsp3) is 0.294. The SMILES string of the molecule is Clc1ccc(Cc2nc3cccnc3n2C2CCOC2)cc1. The molecule has 1 aliphatic heterocycles. The molecule has 0 radical (unpaired) electrons. The first-order valence-corrected chi connectivity index (χ1v) is 7.83. The first-order valence-electron chi connectivity index (χ1n) is 7.45. The highest BCUT2D eigenvalue weighted by atomic mass is 35.5. The van der Waals surface area contributed by atoms with Gasteiger partial charge in [-0.25, -0.2) is 9.97 Å². The quantitative estimate of drug-likeness (QED) is 0.741. The van der Waals surface area contributed by atoms with Crippen LogP contribution in [0.1, 0.15) is 23.9 Å². The van der Waals surface area contributed by atoms with E-state index in [9.17, 15) is 0 Å². The summed E-state index contributed by atoms with van der Waals surface area (Å²) in [6, 6.07) is 12.2. The molecule has 0 saturated carbocycles. The number of hydrogen-bond donors (Lipinski definition) is 0. The first kappa shape index (κ1) is 13.7. The second-order valence-electron chi connectivity index (χ2n) is 5.56. The summed E-state index contributed by atoms with van der Waals surface area (Å²) >= 11 is 5.97. The number of fused-ring (bicyclic) bond motifs is 1. The molecule has 1 atom stereocenters. The van der Waals surface area contributed by atoms with Crippen LogP contribution in [-0.4, -0.2) is 27.7 Å². The van der Waals surface area contributed by atoms with Crippen molar-refractivity contribution in [2.75, 3.05) is 13.2 Å². The number of hydrogen-bond acceptors (Lipinski definition) is 3. The van der Waals surface area contributed by atoms with E-state index in [2.05, 4.69) is 9.55 Å². The lowest BCUT2D eigenvalue weighted by Crippen LogP contribution is -2.13. The molecule has 1 unspecified atom stereocenters. The average molecular weight is 314 g/mol. The number of aromatic nitrogens is 3. The van der Waals surface area contributed by atoms with E-state index in [1.807, 2.05) is 42.6 Å². The van der Waals surface area contributed by atoms with Crippen LogP contribution in [-0.2, 0) is 11.2 Å². The summed E-state index contributed by atoms with van der Waals surface area (Å²) in [5.74, 6) is 1.03. The van der Waals surface area contributed by atoms with Crippen molar-refractivity contribution in [3.63, 3.8) is 0 Å². The monoisotopic (exact) mass is 313 g/mol. The van der Waals surface area contributed by atoms with Gasteiger partial charge in [-0.05, 0) is 36.2 Å². The van der Waals surface area contributed by atoms with Gasteiger partial charge >= 0.3 is 0 Å². The lowest BCUT2D eigenvalue weighted by Gasteiger charge is -2.14. The summed E-state index contributed by atoms with van der Waals surface area (Å²) in [4.78, 5) is 9.31. The Bertz CT molecular complexity index is 791. The summed E-state index contributed by atoms with van der Waals surface area (Å²) in [7, 11) is 0. The molecule has 1 saturated heterocycles. The Morgan fingerprint density at radius 2 is 2.09 bits per heavy atom. The third-order valence-corrected chi connectivity index (χ3v) is 4.32. The van der Waals surface area contributed by atoms with Gasteiger partial charge in [0.15, 0.2) is 5.65 Å². The van der Waals surface area contributed by atoms with Crippen molar-refractivity contribution in [2.45, 2.75) is 18.9 Å². The van der Waals surface area contributed by atoms with E-state index in [-0.39, 0.29) is 0 Å². The standard InChI is InChI=1S/C17H16ClN3O/c18-13-5-3-12(4-6-13)10-16-20-15-2-1-8-19-17(15)21(16)14-7-9-22-11-14/h1-6,8,14H,7,9-11H2. The molecule has 0 N–H and O–H groups in total. The molecular weight excluding hydrogens is 298 g/mol. The van der Waals surface area contributed by atoms with Crippen LogP contribution < -0.4 is 0 Å². The van der Waals surface area contributed by atoms with E-state index < -0.39 is 0 Å². The summed E-state index contributed by atoms with van der Waals surface area (Å²) in [6.45, 7) is 1.53. The van der Waals surface area contributed by atoms with Crippen molar-refractivity contribution < 1.29 is 4.74 Å². The summed E-state index contributed by atoms with van der Waals surface area (Å²) in [5, 5.41) is 0.753. The van der Waals surface area contributed by atoms with Gasteiger partial charge in [-0.3, -0.25) is 0 Å². The Morgan fingerprint density at radius 1 is 1.23 bits per heavy atom. The summed E-state index contributed by atoms with van der Waals surface area (Å²) in [6.07, 6.45) is 3.60. The number of ether oxygens (including phenoxy) is 1. The van der Waals surface area contributed by atoms with Crippen molar-refractivity contribution in [2.24, 2.45) is 0 Å². The Morgan fingerprint density at radius 3 is 2.86 bits per heavy atom. The minimum absolute atomic E-state index is 0.321. The zero-order chi connectivity index (χ0) is 14.9. The van der Waals surface area contributed by atoms with Gasteiger partial charge in [-0.15, -0.1) is 0 Å². The molecule has 4 rings (SSSR count). The van der Waals surface area contributed by atoms with E-state index in [1.54, 1.807) is 0 Å². The lowest BCUT2D eigenvalue weighted by atomic mass is 10.1. The van der Waals surface area contributed by atoms with Crippen LogP contribution in [0, 0.1) is 0 Å². The van der Waals surface area contributed by atoms with Crippen LogP contribution in [0.5, 0.6) is 0 Å². The van der Waals surface area contributed by atoms with Crippen LogP contribution in [0.15, 0.2) is 42.6 Å². The van der Waals surface area contributed by atoms with Crippen LogP contribution in [0.25, 0.3) is 11.2 Å². The van der Waals surface area contributed by atoms with Crippen molar-refractivity contribution in [1.82, 2.24) is 14.5 Å².